The summed E-state index contributed by atoms with van der Waals surface area (Å²) in [5.74, 6) is 2.50. The highest BCUT2D eigenvalue weighted by atomic mass is 16.6. The van der Waals surface area contributed by atoms with Gasteiger partial charge in [-0.3, -0.25) is 4.79 Å². The second kappa shape index (κ2) is 8.60. The second-order valence-electron chi connectivity index (χ2n) is 7.61. The van der Waals surface area contributed by atoms with Crippen LogP contribution in [0.15, 0.2) is 48.5 Å². The maximum Gasteiger partial charge on any atom is 0.247 e. The molecule has 152 valence electrons. The topological polar surface area (TPSA) is 48.0 Å². The van der Waals surface area contributed by atoms with Gasteiger partial charge < -0.3 is 19.1 Å². The van der Waals surface area contributed by atoms with Crippen LogP contribution >= 0.6 is 0 Å². The molecule has 2 aromatic rings. The maximum absolute atomic E-state index is 13.1. The van der Waals surface area contributed by atoms with E-state index in [1.54, 1.807) is 13.2 Å². The molecule has 1 saturated carbocycles. The molecule has 0 bridgehead atoms. The van der Waals surface area contributed by atoms with Gasteiger partial charge >= 0.3 is 0 Å². The van der Waals surface area contributed by atoms with Crippen LogP contribution in [0.4, 0.5) is 0 Å². The number of methoxy groups -OCH3 is 1. The zero-order valence-corrected chi connectivity index (χ0v) is 17.0. The molecular weight excluding hydrogens is 366 g/mol. The number of ether oxygens (including phenoxy) is 3. The summed E-state index contributed by atoms with van der Waals surface area (Å²) in [5.41, 5.74) is 1.99. The van der Waals surface area contributed by atoms with Crippen LogP contribution in [0, 0.1) is 5.92 Å². The monoisotopic (exact) mass is 393 g/mol. The van der Waals surface area contributed by atoms with Crippen molar-refractivity contribution in [3.8, 4) is 17.2 Å². The van der Waals surface area contributed by atoms with E-state index in [2.05, 4.69) is 19.1 Å². The molecule has 2 aliphatic rings. The molecule has 2 aromatic carbocycles. The van der Waals surface area contributed by atoms with Crippen molar-refractivity contribution >= 4 is 12.0 Å². The van der Waals surface area contributed by atoms with E-state index in [1.165, 1.54) is 12.8 Å². The first kappa shape index (κ1) is 19.4. The van der Waals surface area contributed by atoms with Crippen molar-refractivity contribution in [3.63, 3.8) is 0 Å². The largest absolute Gasteiger partial charge is 0.493 e. The maximum atomic E-state index is 13.1. The van der Waals surface area contributed by atoms with Crippen LogP contribution < -0.4 is 14.2 Å². The van der Waals surface area contributed by atoms with Gasteiger partial charge in [0, 0.05) is 18.7 Å². The standard InChI is InChI=1S/C24H27NO4/c1-17(20-9-10-20)25(16-18-6-4-3-5-7-18)23(26)11-8-19-14-21(27-2)24-22(15-19)28-12-13-29-24/h3-8,11,14-15,17,20H,9-10,12-13,16H2,1-2H3/b11-8+. The van der Waals surface area contributed by atoms with Gasteiger partial charge in [-0.2, -0.15) is 0 Å². The van der Waals surface area contributed by atoms with E-state index in [0.717, 1.165) is 11.1 Å². The van der Waals surface area contributed by atoms with Crippen molar-refractivity contribution in [2.24, 2.45) is 5.92 Å². The molecule has 0 N–H and O–H groups in total. The Labute approximate surface area is 171 Å². The van der Waals surface area contributed by atoms with E-state index < -0.39 is 0 Å². The van der Waals surface area contributed by atoms with Gasteiger partial charge in [-0.1, -0.05) is 30.3 Å². The van der Waals surface area contributed by atoms with Gasteiger partial charge in [-0.25, -0.2) is 0 Å². The number of carbonyl (C=O) groups excluding carboxylic acids is 1. The van der Waals surface area contributed by atoms with Gasteiger partial charge in [-0.05, 0) is 55.0 Å². The molecule has 4 rings (SSSR count). The minimum Gasteiger partial charge on any atom is -0.493 e. The Hall–Kier alpha value is -2.95. The molecule has 1 aliphatic heterocycles. The first-order valence-electron chi connectivity index (χ1n) is 10.2. The fourth-order valence-electron chi connectivity index (χ4n) is 3.69. The Morgan fingerprint density at radius 3 is 2.69 bits per heavy atom. The average molecular weight is 393 g/mol. The number of hydrogen-bond donors (Lipinski definition) is 0. The van der Waals surface area contributed by atoms with E-state index in [1.807, 2.05) is 41.3 Å². The molecule has 29 heavy (non-hydrogen) atoms. The Bertz CT molecular complexity index is 872. The van der Waals surface area contributed by atoms with Crippen LogP contribution in [-0.4, -0.2) is 37.2 Å². The summed E-state index contributed by atoms with van der Waals surface area (Å²) in [4.78, 5) is 15.1. The minimum atomic E-state index is 0.0158. The lowest BCUT2D eigenvalue weighted by molar-refractivity contribution is -0.129. The van der Waals surface area contributed by atoms with E-state index >= 15 is 0 Å². The van der Waals surface area contributed by atoms with Crippen LogP contribution in [0.25, 0.3) is 6.08 Å². The normalized spacial score (nSPS) is 16.5. The quantitative estimate of drug-likeness (QED) is 0.658. The molecule has 1 amide bonds. The van der Waals surface area contributed by atoms with Gasteiger partial charge in [0.25, 0.3) is 0 Å². The molecule has 1 heterocycles. The van der Waals surface area contributed by atoms with Crippen LogP contribution in [0.3, 0.4) is 0 Å². The molecule has 0 radical (unpaired) electrons. The van der Waals surface area contributed by atoms with Crippen LogP contribution in [-0.2, 0) is 11.3 Å². The van der Waals surface area contributed by atoms with Gasteiger partial charge in [0.1, 0.15) is 13.2 Å². The highest BCUT2D eigenvalue weighted by Gasteiger charge is 2.33. The summed E-state index contributed by atoms with van der Waals surface area (Å²) in [6, 6.07) is 14.1. The third-order valence-electron chi connectivity index (χ3n) is 5.54. The number of rotatable bonds is 7. The molecule has 5 nitrogen and oxygen atoms in total. The summed E-state index contributed by atoms with van der Waals surface area (Å²) < 4.78 is 16.8. The molecule has 0 spiro atoms. The Morgan fingerprint density at radius 1 is 1.21 bits per heavy atom. The predicted molar refractivity (Wildman–Crippen MR) is 112 cm³/mol. The summed E-state index contributed by atoms with van der Waals surface area (Å²) >= 11 is 0. The third-order valence-corrected chi connectivity index (χ3v) is 5.54. The Morgan fingerprint density at radius 2 is 1.97 bits per heavy atom. The van der Waals surface area contributed by atoms with Crippen molar-refractivity contribution in [2.75, 3.05) is 20.3 Å². The highest BCUT2D eigenvalue weighted by Crippen LogP contribution is 2.40. The van der Waals surface area contributed by atoms with Gasteiger partial charge in [0.05, 0.1) is 7.11 Å². The molecular formula is C24H27NO4. The molecule has 1 unspecified atom stereocenters. The van der Waals surface area contributed by atoms with Gasteiger partial charge in [0.2, 0.25) is 11.7 Å². The summed E-state index contributed by atoms with van der Waals surface area (Å²) in [5, 5.41) is 0. The molecule has 1 atom stereocenters. The number of nitrogens with zero attached hydrogens (tertiary/aromatic N) is 1. The van der Waals surface area contributed by atoms with Crippen molar-refractivity contribution in [3.05, 3.63) is 59.7 Å². The number of hydrogen-bond acceptors (Lipinski definition) is 4. The second-order valence-corrected chi connectivity index (χ2v) is 7.61. The summed E-state index contributed by atoms with van der Waals surface area (Å²) in [6.45, 7) is 3.78. The number of benzene rings is 2. The lowest BCUT2D eigenvalue weighted by atomic mass is 10.1. The number of carbonyl (C=O) groups is 1. The van der Waals surface area contributed by atoms with Crippen LogP contribution in [0.1, 0.15) is 30.9 Å². The van der Waals surface area contributed by atoms with E-state index in [9.17, 15) is 4.79 Å². The fraction of sp³-hybridized carbons (Fsp3) is 0.375. The zero-order valence-electron chi connectivity index (χ0n) is 17.0. The summed E-state index contributed by atoms with van der Waals surface area (Å²) in [7, 11) is 1.60. The van der Waals surface area contributed by atoms with E-state index in [4.69, 9.17) is 14.2 Å². The fourth-order valence-corrected chi connectivity index (χ4v) is 3.69. The van der Waals surface area contributed by atoms with Crippen LogP contribution in [0.2, 0.25) is 0 Å². The summed E-state index contributed by atoms with van der Waals surface area (Å²) in [6.07, 6.45) is 5.86. The first-order valence-corrected chi connectivity index (χ1v) is 10.2. The first-order chi connectivity index (χ1) is 14.2. The average Bonchev–Trinajstić information content (AvgIpc) is 3.61. The minimum absolute atomic E-state index is 0.0158. The Kier molecular flexibility index (Phi) is 5.74. The molecule has 1 fully saturated rings. The van der Waals surface area contributed by atoms with Crippen molar-refractivity contribution in [2.45, 2.75) is 32.4 Å². The van der Waals surface area contributed by atoms with Crippen molar-refractivity contribution in [1.82, 2.24) is 4.90 Å². The SMILES string of the molecule is COc1cc(/C=C/C(=O)N(Cc2ccccc2)C(C)C2CC2)cc2c1OCCO2. The molecule has 0 saturated heterocycles. The lowest BCUT2D eigenvalue weighted by Gasteiger charge is -2.28. The van der Waals surface area contributed by atoms with Crippen LogP contribution in [0.5, 0.6) is 17.2 Å². The van der Waals surface area contributed by atoms with E-state index in [0.29, 0.717) is 42.9 Å². The highest BCUT2D eigenvalue weighted by molar-refractivity contribution is 5.92. The number of fused-ring (bicyclic) bond motifs is 1. The molecule has 0 aromatic heterocycles. The van der Waals surface area contributed by atoms with E-state index in [-0.39, 0.29) is 11.9 Å². The molecule has 5 heteroatoms. The lowest BCUT2D eigenvalue weighted by Crippen LogP contribution is -2.38. The predicted octanol–water partition coefficient (Wildman–Crippen LogP) is 4.31. The third kappa shape index (κ3) is 4.56. The molecule has 1 aliphatic carbocycles. The smallest absolute Gasteiger partial charge is 0.247 e. The number of amides is 1. The van der Waals surface area contributed by atoms with Crippen molar-refractivity contribution < 1.29 is 19.0 Å². The Balaban J connectivity index is 1.54. The zero-order chi connectivity index (χ0) is 20.2. The van der Waals surface area contributed by atoms with Gasteiger partial charge in [0.15, 0.2) is 11.5 Å². The van der Waals surface area contributed by atoms with Gasteiger partial charge in [-0.15, -0.1) is 0 Å². The van der Waals surface area contributed by atoms with Crippen molar-refractivity contribution in [1.29, 1.82) is 0 Å².